The number of rotatable bonds is 6. The number of anilines is 1. The third-order valence-corrected chi connectivity index (χ3v) is 3.53. The summed E-state index contributed by atoms with van der Waals surface area (Å²) in [6.45, 7) is 5.38. The van der Waals surface area contributed by atoms with Crippen LogP contribution in [0.25, 0.3) is 0 Å². The van der Waals surface area contributed by atoms with Crippen molar-refractivity contribution in [2.45, 2.75) is 13.0 Å². The van der Waals surface area contributed by atoms with Crippen LogP contribution in [0.4, 0.5) is 5.69 Å². The predicted octanol–water partition coefficient (Wildman–Crippen LogP) is 3.77. The number of esters is 1. The Morgan fingerprint density at radius 1 is 1.04 bits per heavy atom. The summed E-state index contributed by atoms with van der Waals surface area (Å²) in [6.07, 6.45) is 0. The normalized spacial score (nSPS) is 11.4. The number of nitrogens with one attached hydrogen (secondary N) is 1. The molecule has 0 spiro atoms. The Hall–Kier alpha value is -2.88. The number of benzene rings is 2. The molecule has 0 saturated heterocycles. The van der Waals surface area contributed by atoms with Crippen LogP contribution in [0.1, 0.15) is 28.9 Å². The van der Waals surface area contributed by atoms with Crippen molar-refractivity contribution in [3.63, 3.8) is 0 Å². The van der Waals surface area contributed by atoms with E-state index in [1.165, 1.54) is 14.0 Å². The first-order valence-corrected chi connectivity index (χ1v) is 7.22. The fraction of sp³-hybridized carbons (Fsp3) is 0.158. The third-order valence-electron chi connectivity index (χ3n) is 3.53. The lowest BCUT2D eigenvalue weighted by Crippen LogP contribution is -2.19. The van der Waals surface area contributed by atoms with Crippen molar-refractivity contribution in [1.29, 1.82) is 0 Å². The third kappa shape index (κ3) is 4.07. The molecule has 1 atom stereocenters. The van der Waals surface area contributed by atoms with Crippen LogP contribution in [-0.4, -0.2) is 18.9 Å². The fourth-order valence-corrected chi connectivity index (χ4v) is 2.23. The van der Waals surface area contributed by atoms with Crippen molar-refractivity contribution in [2.75, 3.05) is 12.4 Å². The van der Waals surface area contributed by atoms with E-state index in [1.807, 2.05) is 30.3 Å². The quantitative estimate of drug-likeness (QED) is 0.501. The number of Topliss-reactive ketones (excluding diaryl/α,β-unsaturated/α-hetero) is 1. The van der Waals surface area contributed by atoms with E-state index < -0.39 is 12.0 Å². The monoisotopic (exact) mass is 309 g/mol. The summed E-state index contributed by atoms with van der Waals surface area (Å²) >= 11 is 0. The molecule has 1 N–H and O–H groups in total. The van der Waals surface area contributed by atoms with Crippen LogP contribution in [0.15, 0.2) is 66.7 Å². The van der Waals surface area contributed by atoms with Crippen molar-refractivity contribution < 1.29 is 14.3 Å². The summed E-state index contributed by atoms with van der Waals surface area (Å²) in [5, 5.41) is 3.26. The molecule has 118 valence electrons. The van der Waals surface area contributed by atoms with Gasteiger partial charge in [-0.05, 0) is 36.8 Å². The molecule has 23 heavy (non-hydrogen) atoms. The summed E-state index contributed by atoms with van der Waals surface area (Å²) < 4.78 is 4.78. The Balaban J connectivity index is 2.29. The molecule has 0 bridgehead atoms. The van der Waals surface area contributed by atoms with Gasteiger partial charge in [0.25, 0.3) is 0 Å². The molecule has 0 aliphatic rings. The molecule has 0 aromatic heterocycles. The van der Waals surface area contributed by atoms with Gasteiger partial charge in [0.05, 0.1) is 18.7 Å². The van der Waals surface area contributed by atoms with Crippen LogP contribution in [0.2, 0.25) is 0 Å². The molecule has 0 heterocycles. The maximum Gasteiger partial charge on any atom is 0.335 e. The maximum atomic E-state index is 11.9. The first-order valence-electron chi connectivity index (χ1n) is 7.22. The lowest BCUT2D eigenvalue weighted by molar-refractivity contribution is -0.136. The number of carbonyl (C=O) groups excluding carboxylic acids is 2. The van der Waals surface area contributed by atoms with Crippen molar-refractivity contribution in [3.8, 4) is 0 Å². The lowest BCUT2D eigenvalue weighted by Gasteiger charge is -2.21. The molecule has 0 unspecified atom stereocenters. The minimum absolute atomic E-state index is 0.00938. The van der Waals surface area contributed by atoms with E-state index in [0.29, 0.717) is 11.1 Å². The molecule has 0 saturated carbocycles. The van der Waals surface area contributed by atoms with E-state index >= 15 is 0 Å². The predicted molar refractivity (Wildman–Crippen MR) is 90.4 cm³/mol. The average Bonchev–Trinajstić information content (AvgIpc) is 2.59. The number of hydrogen-bond acceptors (Lipinski definition) is 4. The molecule has 0 aliphatic heterocycles. The topological polar surface area (TPSA) is 55.4 Å². The molecular weight excluding hydrogens is 290 g/mol. The van der Waals surface area contributed by atoms with Crippen LogP contribution in [0.3, 0.4) is 0 Å². The maximum absolute atomic E-state index is 11.9. The average molecular weight is 309 g/mol. The van der Waals surface area contributed by atoms with Gasteiger partial charge >= 0.3 is 5.97 Å². The second-order valence-electron chi connectivity index (χ2n) is 5.14. The van der Waals surface area contributed by atoms with Gasteiger partial charge in [0.2, 0.25) is 0 Å². The number of ketones is 1. The highest BCUT2D eigenvalue weighted by molar-refractivity contribution is 5.94. The highest BCUT2D eigenvalue weighted by atomic mass is 16.5. The van der Waals surface area contributed by atoms with Gasteiger partial charge in [0.1, 0.15) is 0 Å². The molecule has 4 heteroatoms. The highest BCUT2D eigenvalue weighted by Crippen LogP contribution is 2.26. The van der Waals surface area contributed by atoms with Crippen molar-refractivity contribution >= 4 is 17.4 Å². The van der Waals surface area contributed by atoms with Crippen LogP contribution < -0.4 is 5.32 Å². The molecule has 0 radical (unpaired) electrons. The zero-order valence-electron chi connectivity index (χ0n) is 13.2. The van der Waals surface area contributed by atoms with Gasteiger partial charge in [-0.1, -0.05) is 36.9 Å². The van der Waals surface area contributed by atoms with Crippen molar-refractivity contribution in [1.82, 2.24) is 0 Å². The number of ether oxygens (including phenoxy) is 1. The Kier molecular flexibility index (Phi) is 5.31. The van der Waals surface area contributed by atoms with Crippen LogP contribution in [0.5, 0.6) is 0 Å². The Morgan fingerprint density at radius 2 is 1.65 bits per heavy atom. The molecule has 2 aromatic carbocycles. The number of hydrogen-bond donors (Lipinski definition) is 1. The first kappa shape index (κ1) is 16.5. The highest BCUT2D eigenvalue weighted by Gasteiger charge is 2.21. The smallest absolute Gasteiger partial charge is 0.335 e. The largest absolute Gasteiger partial charge is 0.466 e. The zero-order valence-corrected chi connectivity index (χ0v) is 13.2. The fourth-order valence-electron chi connectivity index (χ4n) is 2.23. The molecule has 4 nitrogen and oxygen atoms in total. The van der Waals surface area contributed by atoms with Gasteiger partial charge in [-0.15, -0.1) is 0 Å². The van der Waals surface area contributed by atoms with E-state index in [9.17, 15) is 9.59 Å². The number of methoxy groups -OCH3 is 1. The van der Waals surface area contributed by atoms with Crippen molar-refractivity contribution in [3.05, 3.63) is 77.9 Å². The Labute approximate surface area is 135 Å². The van der Waals surface area contributed by atoms with E-state index in [0.717, 1.165) is 11.3 Å². The molecule has 2 aromatic rings. The van der Waals surface area contributed by atoms with E-state index in [2.05, 4.69) is 11.9 Å². The molecular formula is C19H19NO3. The molecule has 2 rings (SSSR count). The van der Waals surface area contributed by atoms with E-state index in [1.54, 1.807) is 24.3 Å². The van der Waals surface area contributed by atoms with Crippen LogP contribution >= 0.6 is 0 Å². The van der Waals surface area contributed by atoms with Gasteiger partial charge in [0, 0.05) is 11.3 Å². The second-order valence-corrected chi connectivity index (χ2v) is 5.14. The zero-order chi connectivity index (χ0) is 16.8. The summed E-state index contributed by atoms with van der Waals surface area (Å²) in [5.41, 5.74) is 2.64. The SMILES string of the molecule is C=C(C(=O)OC)[C@H](Nc1ccc(C(C)=O)cc1)c1ccccc1. The van der Waals surface area contributed by atoms with Gasteiger partial charge in [0.15, 0.2) is 5.78 Å². The Morgan fingerprint density at radius 3 is 2.17 bits per heavy atom. The standard InChI is InChI=1S/C19H19NO3/c1-13(19(22)23-3)18(16-7-5-4-6-8-16)20-17-11-9-15(10-12-17)14(2)21/h4-12,18,20H,1H2,2-3H3/t18-/m0/s1. The van der Waals surface area contributed by atoms with Crippen LogP contribution in [0, 0.1) is 0 Å². The van der Waals surface area contributed by atoms with Gasteiger partial charge < -0.3 is 10.1 Å². The first-order chi connectivity index (χ1) is 11.0. The minimum Gasteiger partial charge on any atom is -0.466 e. The van der Waals surface area contributed by atoms with E-state index in [4.69, 9.17) is 4.74 Å². The van der Waals surface area contributed by atoms with Crippen molar-refractivity contribution in [2.24, 2.45) is 0 Å². The van der Waals surface area contributed by atoms with Gasteiger partial charge in [-0.25, -0.2) is 4.79 Å². The summed E-state index contributed by atoms with van der Waals surface area (Å²) in [4.78, 5) is 23.2. The summed E-state index contributed by atoms with van der Waals surface area (Å²) in [5.74, 6) is -0.457. The summed E-state index contributed by atoms with van der Waals surface area (Å²) in [6, 6.07) is 16.2. The molecule has 0 fully saturated rings. The second kappa shape index (κ2) is 7.40. The summed E-state index contributed by atoms with van der Waals surface area (Å²) in [7, 11) is 1.33. The molecule has 0 amide bonds. The van der Waals surface area contributed by atoms with Gasteiger partial charge in [-0.2, -0.15) is 0 Å². The minimum atomic E-state index is -0.466. The number of carbonyl (C=O) groups is 2. The lowest BCUT2D eigenvalue weighted by atomic mass is 9.99. The van der Waals surface area contributed by atoms with Crippen LogP contribution in [-0.2, 0) is 9.53 Å². The Bertz CT molecular complexity index is 705. The molecule has 0 aliphatic carbocycles. The van der Waals surface area contributed by atoms with E-state index in [-0.39, 0.29) is 5.78 Å². The van der Waals surface area contributed by atoms with Gasteiger partial charge in [-0.3, -0.25) is 4.79 Å².